The number of ether oxygens (including phenoxy) is 2. The second-order valence-corrected chi connectivity index (χ2v) is 5.13. The Hall–Kier alpha value is -0.120. The van der Waals surface area contributed by atoms with Crippen LogP contribution in [0.2, 0.25) is 0 Å². The van der Waals surface area contributed by atoms with E-state index in [1.807, 2.05) is 0 Å². The summed E-state index contributed by atoms with van der Waals surface area (Å²) in [6, 6.07) is 0.238. The average molecular weight is 227 g/mol. The van der Waals surface area contributed by atoms with E-state index in [0.29, 0.717) is 12.2 Å². The van der Waals surface area contributed by atoms with E-state index in [-0.39, 0.29) is 6.04 Å². The monoisotopic (exact) mass is 227 g/mol. The topological polar surface area (TPSA) is 44.5 Å². The molecule has 0 aromatic heterocycles. The summed E-state index contributed by atoms with van der Waals surface area (Å²) in [5.74, 6) is 0. The Morgan fingerprint density at radius 1 is 1.06 bits per heavy atom. The number of rotatable bonds is 5. The largest absolute Gasteiger partial charge is 0.378 e. The highest BCUT2D eigenvalue weighted by Crippen LogP contribution is 2.21. The van der Waals surface area contributed by atoms with Crippen LogP contribution in [-0.2, 0) is 9.47 Å². The van der Waals surface area contributed by atoms with Crippen molar-refractivity contribution in [3.05, 3.63) is 0 Å². The predicted octanol–water partition coefficient (Wildman–Crippen LogP) is 2.23. The van der Waals surface area contributed by atoms with Crippen molar-refractivity contribution >= 4 is 0 Å². The van der Waals surface area contributed by atoms with Crippen LogP contribution in [0.4, 0.5) is 0 Å². The first-order valence-electron chi connectivity index (χ1n) is 6.85. The van der Waals surface area contributed by atoms with Crippen LogP contribution in [-0.4, -0.2) is 31.5 Å². The second-order valence-electron chi connectivity index (χ2n) is 5.13. The zero-order chi connectivity index (χ0) is 11.2. The highest BCUT2D eigenvalue weighted by molar-refractivity contribution is 4.77. The summed E-state index contributed by atoms with van der Waals surface area (Å²) in [6.07, 6.45) is 10.4. The fourth-order valence-corrected chi connectivity index (χ4v) is 2.74. The number of nitrogens with two attached hydrogens (primary N) is 1. The molecule has 2 saturated heterocycles. The lowest BCUT2D eigenvalue weighted by molar-refractivity contribution is -0.00224. The quantitative estimate of drug-likeness (QED) is 0.783. The van der Waals surface area contributed by atoms with E-state index in [1.165, 1.54) is 38.5 Å². The Balaban J connectivity index is 1.57. The minimum absolute atomic E-state index is 0.238. The summed E-state index contributed by atoms with van der Waals surface area (Å²) in [4.78, 5) is 0. The van der Waals surface area contributed by atoms with E-state index >= 15 is 0 Å². The molecule has 2 aliphatic rings. The lowest BCUT2D eigenvalue weighted by Gasteiger charge is -2.28. The van der Waals surface area contributed by atoms with Crippen molar-refractivity contribution in [1.29, 1.82) is 0 Å². The Kier molecular flexibility index (Phi) is 5.07. The molecular formula is C13H25NO2. The van der Waals surface area contributed by atoms with Gasteiger partial charge in [-0.3, -0.25) is 0 Å². The maximum atomic E-state index is 6.17. The molecule has 2 heterocycles. The Morgan fingerprint density at radius 3 is 2.62 bits per heavy atom. The summed E-state index contributed by atoms with van der Waals surface area (Å²) < 4.78 is 11.3. The molecule has 2 aliphatic heterocycles. The maximum Gasteiger partial charge on any atom is 0.0725 e. The molecule has 16 heavy (non-hydrogen) atoms. The third kappa shape index (κ3) is 3.72. The third-order valence-electron chi connectivity index (χ3n) is 3.78. The summed E-state index contributed by atoms with van der Waals surface area (Å²) in [5.41, 5.74) is 6.17. The Bertz CT molecular complexity index is 186. The summed E-state index contributed by atoms with van der Waals surface area (Å²) in [5, 5.41) is 0. The molecule has 94 valence electrons. The van der Waals surface area contributed by atoms with Gasteiger partial charge < -0.3 is 15.2 Å². The maximum absolute atomic E-state index is 6.17. The van der Waals surface area contributed by atoms with Crippen LogP contribution >= 0.6 is 0 Å². The first kappa shape index (κ1) is 12.3. The molecule has 0 aromatic carbocycles. The van der Waals surface area contributed by atoms with E-state index in [0.717, 1.165) is 26.1 Å². The zero-order valence-corrected chi connectivity index (χ0v) is 10.2. The summed E-state index contributed by atoms with van der Waals surface area (Å²) >= 11 is 0. The van der Waals surface area contributed by atoms with E-state index in [2.05, 4.69) is 0 Å². The smallest absolute Gasteiger partial charge is 0.0725 e. The van der Waals surface area contributed by atoms with Crippen LogP contribution in [0.5, 0.6) is 0 Å². The molecule has 3 heteroatoms. The lowest BCUT2D eigenvalue weighted by atomic mass is 9.97. The van der Waals surface area contributed by atoms with Gasteiger partial charge in [-0.25, -0.2) is 0 Å². The lowest BCUT2D eigenvalue weighted by Crippen LogP contribution is -2.38. The van der Waals surface area contributed by atoms with Crippen LogP contribution in [0, 0.1) is 0 Å². The molecular weight excluding hydrogens is 202 g/mol. The van der Waals surface area contributed by atoms with Crippen LogP contribution in [0.25, 0.3) is 0 Å². The minimum Gasteiger partial charge on any atom is -0.378 e. The molecule has 0 bridgehead atoms. The van der Waals surface area contributed by atoms with Crippen molar-refractivity contribution in [3.63, 3.8) is 0 Å². The van der Waals surface area contributed by atoms with Crippen molar-refractivity contribution in [1.82, 2.24) is 0 Å². The Morgan fingerprint density at radius 2 is 1.94 bits per heavy atom. The van der Waals surface area contributed by atoms with E-state index in [1.54, 1.807) is 0 Å². The zero-order valence-electron chi connectivity index (χ0n) is 10.2. The highest BCUT2D eigenvalue weighted by Gasteiger charge is 2.22. The molecule has 3 nitrogen and oxygen atoms in total. The van der Waals surface area contributed by atoms with Crippen LogP contribution in [0.1, 0.15) is 51.4 Å². The van der Waals surface area contributed by atoms with E-state index in [4.69, 9.17) is 15.2 Å². The van der Waals surface area contributed by atoms with E-state index < -0.39 is 0 Å². The standard InChI is InChI=1S/C13H25NO2/c14-12(13-8-1-2-9-16-13)7-3-5-11-6-4-10-15-11/h11-13H,1-10,14H2. The first-order chi connectivity index (χ1) is 7.86. The van der Waals surface area contributed by atoms with Crippen molar-refractivity contribution in [2.24, 2.45) is 5.73 Å². The van der Waals surface area contributed by atoms with Crippen LogP contribution in [0.15, 0.2) is 0 Å². The normalized spacial score (nSPS) is 32.8. The molecule has 0 amide bonds. The fraction of sp³-hybridized carbons (Fsp3) is 1.00. The Labute approximate surface area is 98.7 Å². The van der Waals surface area contributed by atoms with Crippen molar-refractivity contribution in [2.75, 3.05) is 13.2 Å². The van der Waals surface area contributed by atoms with Gasteiger partial charge in [0.15, 0.2) is 0 Å². The van der Waals surface area contributed by atoms with Gasteiger partial charge in [0.05, 0.1) is 12.2 Å². The minimum atomic E-state index is 0.238. The molecule has 3 unspecified atom stereocenters. The molecule has 0 spiro atoms. The van der Waals surface area contributed by atoms with Gasteiger partial charge in [0, 0.05) is 19.3 Å². The molecule has 0 aromatic rings. The molecule has 0 saturated carbocycles. The molecule has 0 aliphatic carbocycles. The number of hydrogen-bond acceptors (Lipinski definition) is 3. The fourth-order valence-electron chi connectivity index (χ4n) is 2.74. The molecule has 2 rings (SSSR count). The van der Waals surface area contributed by atoms with Crippen molar-refractivity contribution in [3.8, 4) is 0 Å². The third-order valence-corrected chi connectivity index (χ3v) is 3.78. The summed E-state index contributed by atoms with van der Waals surface area (Å²) in [6.45, 7) is 1.87. The van der Waals surface area contributed by atoms with Crippen molar-refractivity contribution in [2.45, 2.75) is 69.6 Å². The van der Waals surface area contributed by atoms with Gasteiger partial charge in [-0.15, -0.1) is 0 Å². The molecule has 2 fully saturated rings. The van der Waals surface area contributed by atoms with Gasteiger partial charge in [-0.1, -0.05) is 0 Å². The van der Waals surface area contributed by atoms with Gasteiger partial charge >= 0.3 is 0 Å². The summed E-state index contributed by atoms with van der Waals surface area (Å²) in [7, 11) is 0. The second kappa shape index (κ2) is 6.58. The van der Waals surface area contributed by atoms with Gasteiger partial charge in [0.25, 0.3) is 0 Å². The molecule has 0 radical (unpaired) electrons. The van der Waals surface area contributed by atoms with Crippen molar-refractivity contribution < 1.29 is 9.47 Å². The van der Waals surface area contributed by atoms with Gasteiger partial charge in [0.2, 0.25) is 0 Å². The van der Waals surface area contributed by atoms with Gasteiger partial charge in [-0.05, 0) is 51.4 Å². The van der Waals surface area contributed by atoms with Gasteiger partial charge in [-0.2, -0.15) is 0 Å². The predicted molar refractivity (Wildman–Crippen MR) is 64.4 cm³/mol. The van der Waals surface area contributed by atoms with Gasteiger partial charge in [0.1, 0.15) is 0 Å². The van der Waals surface area contributed by atoms with E-state index in [9.17, 15) is 0 Å². The highest BCUT2D eigenvalue weighted by atomic mass is 16.5. The van der Waals surface area contributed by atoms with Crippen LogP contribution < -0.4 is 5.73 Å². The molecule has 2 N–H and O–H groups in total. The number of hydrogen-bond donors (Lipinski definition) is 1. The molecule has 3 atom stereocenters. The van der Waals surface area contributed by atoms with Crippen LogP contribution in [0.3, 0.4) is 0 Å². The SMILES string of the molecule is NC(CCCC1CCCO1)C1CCCCO1. The first-order valence-corrected chi connectivity index (χ1v) is 6.85. The average Bonchev–Trinajstić information content (AvgIpc) is 2.83.